The standard InChI is InChI=1S/C11H10N2O3/c1-13-5-7(6-14)8-3-4-9(11(15)16-2)12-10(8)13/h3-6H,1-2H3. The lowest BCUT2D eigenvalue weighted by Crippen LogP contribution is -2.04. The van der Waals surface area contributed by atoms with Gasteiger partial charge in [-0.3, -0.25) is 4.79 Å². The quantitative estimate of drug-likeness (QED) is 0.560. The first-order valence-electron chi connectivity index (χ1n) is 4.67. The smallest absolute Gasteiger partial charge is 0.356 e. The van der Waals surface area contributed by atoms with Crippen LogP contribution >= 0.6 is 0 Å². The Kier molecular flexibility index (Phi) is 2.44. The molecule has 0 atom stereocenters. The summed E-state index contributed by atoms with van der Waals surface area (Å²) in [7, 11) is 3.07. The number of esters is 1. The molecule has 0 spiro atoms. The number of aromatic nitrogens is 2. The summed E-state index contributed by atoms with van der Waals surface area (Å²) in [5.41, 5.74) is 1.38. The van der Waals surface area contributed by atoms with Gasteiger partial charge in [0.1, 0.15) is 5.65 Å². The van der Waals surface area contributed by atoms with Gasteiger partial charge in [-0.05, 0) is 12.1 Å². The minimum Gasteiger partial charge on any atom is -0.464 e. The zero-order valence-electron chi connectivity index (χ0n) is 8.93. The molecule has 0 unspecified atom stereocenters. The first-order valence-corrected chi connectivity index (χ1v) is 4.67. The van der Waals surface area contributed by atoms with Crippen molar-refractivity contribution in [1.29, 1.82) is 0 Å². The van der Waals surface area contributed by atoms with E-state index < -0.39 is 5.97 Å². The molecular formula is C11H10N2O3. The van der Waals surface area contributed by atoms with Crippen LogP contribution in [0.5, 0.6) is 0 Å². The molecule has 0 saturated carbocycles. The van der Waals surface area contributed by atoms with E-state index in [-0.39, 0.29) is 5.69 Å². The maximum atomic E-state index is 11.3. The van der Waals surface area contributed by atoms with Crippen LogP contribution in [0.3, 0.4) is 0 Å². The molecule has 5 heteroatoms. The Balaban J connectivity index is 2.67. The number of aryl methyl sites for hydroxylation is 1. The summed E-state index contributed by atoms with van der Waals surface area (Å²) in [6.45, 7) is 0. The Morgan fingerprint density at radius 2 is 2.25 bits per heavy atom. The molecule has 0 aliphatic carbocycles. The number of fused-ring (bicyclic) bond motifs is 1. The van der Waals surface area contributed by atoms with E-state index >= 15 is 0 Å². The third-order valence-electron chi connectivity index (χ3n) is 2.37. The number of ether oxygens (including phenoxy) is 1. The molecule has 16 heavy (non-hydrogen) atoms. The zero-order valence-corrected chi connectivity index (χ0v) is 8.93. The van der Waals surface area contributed by atoms with E-state index in [1.165, 1.54) is 7.11 Å². The summed E-state index contributed by atoms with van der Waals surface area (Å²) in [5, 5.41) is 0.727. The van der Waals surface area contributed by atoms with Crippen LogP contribution in [0, 0.1) is 0 Å². The number of hydrogen-bond acceptors (Lipinski definition) is 4. The minimum absolute atomic E-state index is 0.230. The summed E-state index contributed by atoms with van der Waals surface area (Å²) in [5.74, 6) is -0.490. The molecule has 0 N–H and O–H groups in total. The number of carbonyl (C=O) groups excluding carboxylic acids is 2. The van der Waals surface area contributed by atoms with Gasteiger partial charge in [-0.15, -0.1) is 0 Å². The van der Waals surface area contributed by atoms with Gasteiger partial charge in [-0.2, -0.15) is 0 Å². The number of methoxy groups -OCH3 is 1. The van der Waals surface area contributed by atoms with Crippen molar-refractivity contribution in [3.63, 3.8) is 0 Å². The zero-order chi connectivity index (χ0) is 11.7. The molecule has 0 aliphatic heterocycles. The molecular weight excluding hydrogens is 208 g/mol. The molecule has 0 bridgehead atoms. The Hall–Kier alpha value is -2.17. The van der Waals surface area contributed by atoms with E-state index in [0.717, 1.165) is 11.7 Å². The van der Waals surface area contributed by atoms with Gasteiger partial charge in [-0.25, -0.2) is 9.78 Å². The van der Waals surface area contributed by atoms with Crippen LogP contribution < -0.4 is 0 Å². The summed E-state index contributed by atoms with van der Waals surface area (Å²) in [4.78, 5) is 26.2. The van der Waals surface area contributed by atoms with Gasteiger partial charge in [0.2, 0.25) is 0 Å². The van der Waals surface area contributed by atoms with Gasteiger partial charge in [-0.1, -0.05) is 0 Å². The number of carbonyl (C=O) groups is 2. The van der Waals surface area contributed by atoms with Crippen molar-refractivity contribution in [2.45, 2.75) is 0 Å². The maximum absolute atomic E-state index is 11.3. The number of nitrogens with zero attached hydrogens (tertiary/aromatic N) is 2. The molecule has 0 radical (unpaired) electrons. The van der Waals surface area contributed by atoms with Crippen molar-refractivity contribution in [3.8, 4) is 0 Å². The van der Waals surface area contributed by atoms with E-state index in [2.05, 4.69) is 9.72 Å². The molecule has 0 aliphatic rings. The average molecular weight is 218 g/mol. The summed E-state index contributed by atoms with van der Waals surface area (Å²) in [6, 6.07) is 3.24. The predicted octanol–water partition coefficient (Wildman–Crippen LogP) is 1.17. The highest BCUT2D eigenvalue weighted by atomic mass is 16.5. The largest absolute Gasteiger partial charge is 0.464 e. The molecule has 2 aromatic heterocycles. The van der Waals surface area contributed by atoms with Crippen molar-refractivity contribution in [3.05, 3.63) is 29.6 Å². The number of pyridine rings is 1. The topological polar surface area (TPSA) is 61.2 Å². The second-order valence-electron chi connectivity index (χ2n) is 3.37. The molecule has 0 saturated heterocycles. The van der Waals surface area contributed by atoms with Crippen LogP contribution in [0.15, 0.2) is 18.3 Å². The van der Waals surface area contributed by atoms with Gasteiger partial charge >= 0.3 is 5.97 Å². The highest BCUT2D eigenvalue weighted by molar-refractivity contribution is 5.98. The third kappa shape index (κ3) is 1.46. The van der Waals surface area contributed by atoms with E-state index in [9.17, 15) is 9.59 Å². The lowest BCUT2D eigenvalue weighted by atomic mass is 10.2. The Bertz CT molecular complexity index is 572. The van der Waals surface area contributed by atoms with Gasteiger partial charge in [0.05, 0.1) is 7.11 Å². The van der Waals surface area contributed by atoms with E-state index in [4.69, 9.17) is 0 Å². The molecule has 0 fully saturated rings. The third-order valence-corrected chi connectivity index (χ3v) is 2.37. The monoisotopic (exact) mass is 218 g/mol. The highest BCUT2D eigenvalue weighted by Gasteiger charge is 2.12. The first-order chi connectivity index (χ1) is 7.67. The van der Waals surface area contributed by atoms with Crippen molar-refractivity contribution in [2.75, 3.05) is 7.11 Å². The molecule has 0 amide bonds. The molecule has 5 nitrogen and oxygen atoms in total. The summed E-state index contributed by atoms with van der Waals surface area (Å²) >= 11 is 0. The Morgan fingerprint density at radius 1 is 1.50 bits per heavy atom. The van der Waals surface area contributed by atoms with Crippen LogP contribution in [0.4, 0.5) is 0 Å². The SMILES string of the molecule is COC(=O)c1ccc2c(C=O)cn(C)c2n1. The predicted molar refractivity (Wildman–Crippen MR) is 57.4 cm³/mol. The first kappa shape index (κ1) is 10.4. The van der Waals surface area contributed by atoms with Crippen molar-refractivity contribution >= 4 is 23.3 Å². The lowest BCUT2D eigenvalue weighted by Gasteiger charge is -1.99. The lowest BCUT2D eigenvalue weighted by molar-refractivity contribution is 0.0594. The Morgan fingerprint density at radius 3 is 2.88 bits per heavy atom. The maximum Gasteiger partial charge on any atom is 0.356 e. The second kappa shape index (κ2) is 3.77. The number of rotatable bonds is 2. The number of hydrogen-bond donors (Lipinski definition) is 0. The van der Waals surface area contributed by atoms with Crippen LogP contribution in [-0.4, -0.2) is 28.9 Å². The molecule has 2 heterocycles. The van der Waals surface area contributed by atoms with Crippen molar-refractivity contribution in [2.24, 2.45) is 7.05 Å². The van der Waals surface area contributed by atoms with E-state index in [1.54, 1.807) is 29.9 Å². The molecule has 82 valence electrons. The molecule has 2 rings (SSSR count). The van der Waals surface area contributed by atoms with Crippen LogP contribution in [0.2, 0.25) is 0 Å². The fraction of sp³-hybridized carbons (Fsp3) is 0.182. The summed E-state index contributed by atoms with van der Waals surface area (Å²) in [6.07, 6.45) is 2.44. The summed E-state index contributed by atoms with van der Waals surface area (Å²) < 4.78 is 6.28. The molecule has 2 aromatic rings. The van der Waals surface area contributed by atoms with Gasteiger partial charge in [0.25, 0.3) is 0 Å². The van der Waals surface area contributed by atoms with Gasteiger partial charge in [0, 0.05) is 24.2 Å². The fourth-order valence-corrected chi connectivity index (χ4v) is 1.59. The van der Waals surface area contributed by atoms with Crippen molar-refractivity contribution in [1.82, 2.24) is 9.55 Å². The molecule has 0 aromatic carbocycles. The van der Waals surface area contributed by atoms with Crippen LogP contribution in [0.25, 0.3) is 11.0 Å². The van der Waals surface area contributed by atoms with Gasteiger partial charge in [0.15, 0.2) is 12.0 Å². The second-order valence-corrected chi connectivity index (χ2v) is 3.37. The van der Waals surface area contributed by atoms with Crippen LogP contribution in [0.1, 0.15) is 20.8 Å². The minimum atomic E-state index is -0.490. The number of aldehydes is 1. The average Bonchev–Trinajstić information content (AvgIpc) is 2.64. The normalized spacial score (nSPS) is 10.4. The van der Waals surface area contributed by atoms with Crippen molar-refractivity contribution < 1.29 is 14.3 Å². The highest BCUT2D eigenvalue weighted by Crippen LogP contribution is 2.18. The fourth-order valence-electron chi connectivity index (χ4n) is 1.59. The van der Waals surface area contributed by atoms with E-state index in [0.29, 0.717) is 11.2 Å². The van der Waals surface area contributed by atoms with Crippen LogP contribution in [-0.2, 0) is 11.8 Å². The Labute approximate surface area is 91.6 Å². The van der Waals surface area contributed by atoms with Gasteiger partial charge < -0.3 is 9.30 Å². The van der Waals surface area contributed by atoms with E-state index in [1.807, 2.05) is 0 Å².